The van der Waals surface area contributed by atoms with Crippen molar-refractivity contribution in [2.24, 2.45) is 5.92 Å². The van der Waals surface area contributed by atoms with Crippen LogP contribution in [0.3, 0.4) is 0 Å². The summed E-state index contributed by atoms with van der Waals surface area (Å²) in [6.07, 6.45) is 5.45. The first-order valence-electron chi connectivity index (χ1n) is 8.28. The summed E-state index contributed by atoms with van der Waals surface area (Å²) in [4.78, 5) is 2.60. The lowest BCUT2D eigenvalue weighted by Crippen LogP contribution is -2.49. The number of rotatable bonds is 9. The standard InChI is InChI=1S/C16H34N2O/c1-5-10-17-16(14(4)6-2)13-18-11-8-9-15(12-18)19-7-3/h14-17H,5-13H2,1-4H3. The predicted octanol–water partition coefficient (Wildman–Crippen LogP) is 2.90. The van der Waals surface area contributed by atoms with Crippen LogP contribution in [-0.2, 0) is 4.74 Å². The molecule has 0 radical (unpaired) electrons. The fourth-order valence-electron chi connectivity index (χ4n) is 2.89. The van der Waals surface area contributed by atoms with Crippen LogP contribution in [0.4, 0.5) is 0 Å². The summed E-state index contributed by atoms with van der Waals surface area (Å²) in [5.41, 5.74) is 0. The van der Waals surface area contributed by atoms with E-state index in [0.29, 0.717) is 12.1 Å². The molecule has 3 heteroatoms. The maximum Gasteiger partial charge on any atom is 0.0702 e. The van der Waals surface area contributed by atoms with Gasteiger partial charge in [-0.25, -0.2) is 0 Å². The molecule has 3 atom stereocenters. The van der Waals surface area contributed by atoms with Crippen LogP contribution in [0.5, 0.6) is 0 Å². The van der Waals surface area contributed by atoms with E-state index >= 15 is 0 Å². The van der Waals surface area contributed by atoms with Crippen LogP contribution in [0.2, 0.25) is 0 Å². The molecule has 0 spiro atoms. The van der Waals surface area contributed by atoms with Gasteiger partial charge in [-0.05, 0) is 45.2 Å². The Kier molecular flexibility index (Phi) is 8.67. The molecular weight excluding hydrogens is 236 g/mol. The molecule has 1 fully saturated rings. The van der Waals surface area contributed by atoms with Crippen molar-refractivity contribution >= 4 is 0 Å². The molecular formula is C16H34N2O. The topological polar surface area (TPSA) is 24.5 Å². The molecule has 0 saturated carbocycles. The zero-order valence-electron chi connectivity index (χ0n) is 13.5. The van der Waals surface area contributed by atoms with Crippen molar-refractivity contribution in [3.05, 3.63) is 0 Å². The Balaban J connectivity index is 2.42. The first-order chi connectivity index (χ1) is 9.21. The molecule has 1 aliphatic heterocycles. The van der Waals surface area contributed by atoms with Crippen LogP contribution >= 0.6 is 0 Å². The molecule has 0 aromatic carbocycles. The second kappa shape index (κ2) is 9.73. The van der Waals surface area contributed by atoms with E-state index in [1.165, 1.54) is 38.8 Å². The molecule has 1 rings (SSSR count). The third kappa shape index (κ3) is 6.24. The molecule has 0 aromatic heterocycles. The summed E-state index contributed by atoms with van der Waals surface area (Å²) >= 11 is 0. The average Bonchev–Trinajstić information content (AvgIpc) is 2.43. The van der Waals surface area contributed by atoms with Gasteiger partial charge < -0.3 is 10.1 Å². The zero-order valence-corrected chi connectivity index (χ0v) is 13.5. The van der Waals surface area contributed by atoms with Gasteiger partial charge in [-0.3, -0.25) is 4.90 Å². The molecule has 114 valence electrons. The molecule has 19 heavy (non-hydrogen) atoms. The maximum absolute atomic E-state index is 5.80. The van der Waals surface area contributed by atoms with Gasteiger partial charge in [-0.1, -0.05) is 27.2 Å². The number of nitrogens with one attached hydrogen (secondary N) is 1. The van der Waals surface area contributed by atoms with Crippen molar-refractivity contribution in [2.75, 3.05) is 32.8 Å². The van der Waals surface area contributed by atoms with E-state index in [0.717, 1.165) is 25.6 Å². The number of piperidine rings is 1. The van der Waals surface area contributed by atoms with E-state index in [2.05, 4.69) is 37.9 Å². The predicted molar refractivity (Wildman–Crippen MR) is 82.6 cm³/mol. The third-order valence-corrected chi connectivity index (χ3v) is 4.31. The Morgan fingerprint density at radius 3 is 2.74 bits per heavy atom. The second-order valence-electron chi connectivity index (χ2n) is 5.93. The maximum atomic E-state index is 5.80. The van der Waals surface area contributed by atoms with Gasteiger partial charge in [0.05, 0.1) is 6.10 Å². The SMILES string of the molecule is CCCNC(CN1CCCC(OCC)C1)C(C)CC. The van der Waals surface area contributed by atoms with E-state index in [1.54, 1.807) is 0 Å². The van der Waals surface area contributed by atoms with Gasteiger partial charge in [0.15, 0.2) is 0 Å². The number of hydrogen-bond donors (Lipinski definition) is 1. The summed E-state index contributed by atoms with van der Waals surface area (Å²) < 4.78 is 5.80. The molecule has 1 heterocycles. The quantitative estimate of drug-likeness (QED) is 0.697. The Labute approximate surface area is 120 Å². The molecule has 0 aliphatic carbocycles. The summed E-state index contributed by atoms with van der Waals surface area (Å²) in [6, 6.07) is 0.630. The highest BCUT2D eigenvalue weighted by Gasteiger charge is 2.24. The first kappa shape index (κ1) is 16.9. The van der Waals surface area contributed by atoms with Crippen molar-refractivity contribution in [3.63, 3.8) is 0 Å². The zero-order chi connectivity index (χ0) is 14.1. The van der Waals surface area contributed by atoms with Gasteiger partial charge >= 0.3 is 0 Å². The molecule has 3 unspecified atom stereocenters. The van der Waals surface area contributed by atoms with Crippen LogP contribution < -0.4 is 5.32 Å². The van der Waals surface area contributed by atoms with Crippen LogP contribution in [0, 0.1) is 5.92 Å². The van der Waals surface area contributed by atoms with Gasteiger partial charge in [0.1, 0.15) is 0 Å². The van der Waals surface area contributed by atoms with Gasteiger partial charge in [0.25, 0.3) is 0 Å². The lowest BCUT2D eigenvalue weighted by Gasteiger charge is -2.36. The largest absolute Gasteiger partial charge is 0.377 e. The third-order valence-electron chi connectivity index (χ3n) is 4.31. The van der Waals surface area contributed by atoms with Crippen LogP contribution in [-0.4, -0.2) is 49.8 Å². The monoisotopic (exact) mass is 270 g/mol. The summed E-state index contributed by atoms with van der Waals surface area (Å²) in [5, 5.41) is 3.73. The highest BCUT2D eigenvalue weighted by molar-refractivity contribution is 4.81. The average molecular weight is 270 g/mol. The lowest BCUT2D eigenvalue weighted by molar-refractivity contribution is 0.00186. The Morgan fingerprint density at radius 2 is 2.11 bits per heavy atom. The number of likely N-dealkylation sites (tertiary alicyclic amines) is 1. The minimum atomic E-state index is 0.461. The van der Waals surface area contributed by atoms with Crippen molar-refractivity contribution in [1.82, 2.24) is 10.2 Å². The molecule has 3 nitrogen and oxygen atoms in total. The summed E-state index contributed by atoms with van der Waals surface area (Å²) in [6.45, 7) is 14.5. The summed E-state index contributed by atoms with van der Waals surface area (Å²) in [5.74, 6) is 0.749. The van der Waals surface area contributed by atoms with E-state index in [-0.39, 0.29) is 0 Å². The van der Waals surface area contributed by atoms with Gasteiger partial charge in [-0.15, -0.1) is 0 Å². The minimum Gasteiger partial charge on any atom is -0.377 e. The fraction of sp³-hybridized carbons (Fsp3) is 1.00. The van der Waals surface area contributed by atoms with Crippen molar-refractivity contribution < 1.29 is 4.74 Å². The van der Waals surface area contributed by atoms with E-state index in [4.69, 9.17) is 4.74 Å². The van der Waals surface area contributed by atoms with E-state index < -0.39 is 0 Å². The van der Waals surface area contributed by atoms with Crippen LogP contribution in [0.1, 0.15) is 53.4 Å². The number of hydrogen-bond acceptors (Lipinski definition) is 3. The van der Waals surface area contributed by atoms with Gasteiger partial charge in [0.2, 0.25) is 0 Å². The normalized spacial score (nSPS) is 24.3. The summed E-state index contributed by atoms with van der Waals surface area (Å²) in [7, 11) is 0. The molecule has 0 aromatic rings. The minimum absolute atomic E-state index is 0.461. The van der Waals surface area contributed by atoms with E-state index in [1.807, 2.05) is 0 Å². The Morgan fingerprint density at radius 1 is 1.32 bits per heavy atom. The van der Waals surface area contributed by atoms with Crippen LogP contribution in [0.15, 0.2) is 0 Å². The first-order valence-corrected chi connectivity index (χ1v) is 8.28. The van der Waals surface area contributed by atoms with Gasteiger partial charge in [0, 0.05) is 25.7 Å². The van der Waals surface area contributed by atoms with E-state index in [9.17, 15) is 0 Å². The smallest absolute Gasteiger partial charge is 0.0702 e. The van der Waals surface area contributed by atoms with Crippen molar-refractivity contribution in [3.8, 4) is 0 Å². The highest BCUT2D eigenvalue weighted by Crippen LogP contribution is 2.16. The highest BCUT2D eigenvalue weighted by atomic mass is 16.5. The van der Waals surface area contributed by atoms with Crippen molar-refractivity contribution in [2.45, 2.75) is 65.5 Å². The lowest BCUT2D eigenvalue weighted by atomic mass is 9.97. The van der Waals surface area contributed by atoms with Crippen molar-refractivity contribution in [1.29, 1.82) is 0 Å². The second-order valence-corrected chi connectivity index (χ2v) is 5.93. The molecule has 0 amide bonds. The molecule has 1 aliphatic rings. The number of nitrogens with zero attached hydrogens (tertiary/aromatic N) is 1. The number of ether oxygens (including phenoxy) is 1. The molecule has 1 N–H and O–H groups in total. The molecule has 0 bridgehead atoms. The molecule has 1 saturated heterocycles. The fourth-order valence-corrected chi connectivity index (χ4v) is 2.89. The Hall–Kier alpha value is -0.120. The van der Waals surface area contributed by atoms with Crippen LogP contribution in [0.25, 0.3) is 0 Å². The Bertz CT molecular complexity index is 221. The van der Waals surface area contributed by atoms with Gasteiger partial charge in [-0.2, -0.15) is 0 Å².